The Balaban J connectivity index is 1.67. The molecule has 1 N–H and O–H groups in total. The van der Waals surface area contributed by atoms with Gasteiger partial charge in [-0.15, -0.1) is 0 Å². The number of ether oxygens (including phenoxy) is 1. The number of hydrogen-bond donors (Lipinski definition) is 1. The van der Waals surface area contributed by atoms with Crippen LogP contribution in [0.3, 0.4) is 0 Å². The Labute approximate surface area is 146 Å². The van der Waals surface area contributed by atoms with Crippen LogP contribution in [0.2, 0.25) is 0 Å². The number of rotatable bonds is 6. The molecule has 0 atom stereocenters. The van der Waals surface area contributed by atoms with Crippen molar-refractivity contribution in [3.05, 3.63) is 42.2 Å². The minimum Gasteiger partial charge on any atom is -0.379 e. The largest absolute Gasteiger partial charge is 0.379 e. The molecule has 1 aromatic heterocycles. The van der Waals surface area contributed by atoms with E-state index in [1.807, 2.05) is 41.2 Å². The molecule has 1 fully saturated rings. The van der Waals surface area contributed by atoms with Crippen molar-refractivity contribution in [2.24, 2.45) is 0 Å². The summed E-state index contributed by atoms with van der Waals surface area (Å²) in [5.41, 5.74) is 1.50. The second-order valence-electron chi connectivity index (χ2n) is 5.51. The van der Waals surface area contributed by atoms with Crippen LogP contribution in [0.15, 0.2) is 41.7 Å². The van der Waals surface area contributed by atoms with Crippen molar-refractivity contribution < 1.29 is 9.53 Å². The molecule has 0 aliphatic carbocycles. The van der Waals surface area contributed by atoms with Gasteiger partial charge < -0.3 is 10.1 Å². The third-order valence-electron chi connectivity index (χ3n) is 3.98. The van der Waals surface area contributed by atoms with Crippen molar-refractivity contribution in [2.75, 3.05) is 45.6 Å². The predicted octanol–water partition coefficient (Wildman–Crippen LogP) is 1.66. The molecule has 1 aliphatic heterocycles. The third-order valence-corrected chi connectivity index (χ3v) is 4.63. The molecule has 0 radical (unpaired) electrons. The van der Waals surface area contributed by atoms with Crippen molar-refractivity contribution in [3.8, 4) is 5.69 Å². The highest BCUT2D eigenvalue weighted by molar-refractivity contribution is 7.98. The number of nitrogens with zero attached hydrogens (tertiary/aromatic N) is 3. The number of thioether (sulfide) groups is 1. The Morgan fingerprint density at radius 2 is 2.04 bits per heavy atom. The van der Waals surface area contributed by atoms with Gasteiger partial charge in [0.25, 0.3) is 5.91 Å². The third kappa shape index (κ3) is 3.98. The fourth-order valence-corrected chi connectivity index (χ4v) is 3.25. The lowest BCUT2D eigenvalue weighted by Crippen LogP contribution is -2.41. The summed E-state index contributed by atoms with van der Waals surface area (Å²) in [4.78, 5) is 19.3. The molecule has 128 valence electrons. The van der Waals surface area contributed by atoms with E-state index >= 15 is 0 Å². The quantitative estimate of drug-likeness (QED) is 0.806. The number of nitrogens with one attached hydrogen (secondary N) is 1. The van der Waals surface area contributed by atoms with Crippen LogP contribution < -0.4 is 5.32 Å². The molecule has 0 saturated carbocycles. The highest BCUT2D eigenvalue weighted by atomic mass is 32.2. The van der Waals surface area contributed by atoms with E-state index in [4.69, 9.17) is 4.74 Å². The summed E-state index contributed by atoms with van der Waals surface area (Å²) in [6.07, 6.45) is 3.60. The summed E-state index contributed by atoms with van der Waals surface area (Å²) in [7, 11) is 0. The van der Waals surface area contributed by atoms with Gasteiger partial charge in [0.15, 0.2) is 5.16 Å². The zero-order valence-electron chi connectivity index (χ0n) is 13.8. The molecule has 1 saturated heterocycles. The van der Waals surface area contributed by atoms with Crippen LogP contribution in [0.1, 0.15) is 10.5 Å². The molecule has 2 heterocycles. The molecule has 7 heteroatoms. The van der Waals surface area contributed by atoms with Gasteiger partial charge in [0.1, 0.15) is 5.69 Å². The Bertz CT molecular complexity index is 668. The summed E-state index contributed by atoms with van der Waals surface area (Å²) in [6.45, 7) is 4.85. The molecule has 24 heavy (non-hydrogen) atoms. The molecule has 1 amide bonds. The molecule has 0 spiro atoms. The van der Waals surface area contributed by atoms with Crippen molar-refractivity contribution >= 4 is 17.7 Å². The van der Waals surface area contributed by atoms with E-state index in [-0.39, 0.29) is 5.91 Å². The van der Waals surface area contributed by atoms with E-state index in [1.165, 1.54) is 11.8 Å². The van der Waals surface area contributed by atoms with Gasteiger partial charge in [-0.25, -0.2) is 4.98 Å². The lowest BCUT2D eigenvalue weighted by molar-refractivity contribution is 0.0383. The zero-order chi connectivity index (χ0) is 16.8. The van der Waals surface area contributed by atoms with Crippen LogP contribution in [-0.2, 0) is 4.74 Å². The lowest BCUT2D eigenvalue weighted by Gasteiger charge is -2.26. The van der Waals surface area contributed by atoms with Gasteiger partial charge in [-0.05, 0) is 18.4 Å². The number of para-hydroxylation sites is 1. The summed E-state index contributed by atoms with van der Waals surface area (Å²) < 4.78 is 7.23. The number of aromatic nitrogens is 2. The van der Waals surface area contributed by atoms with E-state index in [0.717, 1.165) is 43.7 Å². The van der Waals surface area contributed by atoms with Gasteiger partial charge in [-0.2, -0.15) is 0 Å². The van der Waals surface area contributed by atoms with Crippen molar-refractivity contribution in [3.63, 3.8) is 0 Å². The maximum Gasteiger partial charge on any atom is 0.270 e. The second-order valence-corrected chi connectivity index (χ2v) is 6.28. The van der Waals surface area contributed by atoms with Crippen LogP contribution in [-0.4, -0.2) is 66.0 Å². The smallest absolute Gasteiger partial charge is 0.270 e. The van der Waals surface area contributed by atoms with Crippen LogP contribution in [0.5, 0.6) is 0 Å². The molecule has 0 unspecified atom stereocenters. The fourth-order valence-electron chi connectivity index (χ4n) is 2.71. The Hall–Kier alpha value is -1.83. The molecule has 0 bridgehead atoms. The number of amides is 1. The summed E-state index contributed by atoms with van der Waals surface area (Å²) >= 11 is 1.52. The number of morpholine rings is 1. The molecule has 3 rings (SSSR count). The van der Waals surface area contributed by atoms with Crippen LogP contribution in [0.4, 0.5) is 0 Å². The average Bonchev–Trinajstić information content (AvgIpc) is 3.07. The van der Waals surface area contributed by atoms with E-state index in [9.17, 15) is 4.79 Å². The Morgan fingerprint density at radius 1 is 1.29 bits per heavy atom. The van der Waals surface area contributed by atoms with Crippen molar-refractivity contribution in [1.82, 2.24) is 19.8 Å². The summed E-state index contributed by atoms with van der Waals surface area (Å²) in [5.74, 6) is -0.0973. The molecule has 1 aromatic carbocycles. The number of carbonyl (C=O) groups is 1. The number of carbonyl (C=O) groups excluding carboxylic acids is 1. The zero-order valence-corrected chi connectivity index (χ0v) is 14.6. The van der Waals surface area contributed by atoms with Gasteiger partial charge in [0.05, 0.1) is 19.4 Å². The highest BCUT2D eigenvalue weighted by Crippen LogP contribution is 2.21. The first kappa shape index (κ1) is 17.0. The predicted molar refractivity (Wildman–Crippen MR) is 94.9 cm³/mol. The first-order valence-corrected chi connectivity index (χ1v) is 9.27. The van der Waals surface area contributed by atoms with E-state index < -0.39 is 0 Å². The van der Waals surface area contributed by atoms with Crippen molar-refractivity contribution in [1.29, 1.82) is 0 Å². The highest BCUT2D eigenvalue weighted by Gasteiger charge is 2.18. The SMILES string of the molecule is CSc1ncc(C(=O)NCCN2CCOCC2)n1-c1ccccc1. The minimum absolute atomic E-state index is 0.0973. The maximum absolute atomic E-state index is 12.6. The lowest BCUT2D eigenvalue weighted by atomic mass is 10.3. The van der Waals surface area contributed by atoms with Gasteiger partial charge in [0, 0.05) is 31.9 Å². The van der Waals surface area contributed by atoms with E-state index in [0.29, 0.717) is 12.2 Å². The molecule has 6 nitrogen and oxygen atoms in total. The molecular formula is C17H22N4O2S. The van der Waals surface area contributed by atoms with Gasteiger partial charge >= 0.3 is 0 Å². The Morgan fingerprint density at radius 3 is 2.75 bits per heavy atom. The first-order chi connectivity index (χ1) is 11.8. The standard InChI is InChI=1S/C17H22N4O2S/c1-24-17-19-13-15(21(17)14-5-3-2-4-6-14)16(22)18-7-8-20-9-11-23-12-10-20/h2-6,13H,7-12H2,1H3,(H,18,22). The van der Waals surface area contributed by atoms with Crippen LogP contribution in [0, 0.1) is 0 Å². The topological polar surface area (TPSA) is 59.4 Å². The minimum atomic E-state index is -0.0973. The maximum atomic E-state index is 12.6. The second kappa shape index (κ2) is 8.32. The summed E-state index contributed by atoms with van der Waals surface area (Å²) in [5, 5.41) is 3.81. The molecule has 2 aromatic rings. The monoisotopic (exact) mass is 346 g/mol. The van der Waals surface area contributed by atoms with Gasteiger partial charge in [0.2, 0.25) is 0 Å². The molecular weight excluding hydrogens is 324 g/mol. The molecule has 1 aliphatic rings. The fraction of sp³-hybridized carbons (Fsp3) is 0.412. The van der Waals surface area contributed by atoms with Crippen molar-refractivity contribution in [2.45, 2.75) is 5.16 Å². The van der Waals surface area contributed by atoms with Crippen LogP contribution in [0.25, 0.3) is 5.69 Å². The normalized spacial score (nSPS) is 15.4. The van der Waals surface area contributed by atoms with E-state index in [1.54, 1.807) is 6.20 Å². The first-order valence-electron chi connectivity index (χ1n) is 8.05. The van der Waals surface area contributed by atoms with E-state index in [2.05, 4.69) is 15.2 Å². The average molecular weight is 346 g/mol. The Kier molecular flexibility index (Phi) is 5.90. The number of benzene rings is 1. The van der Waals surface area contributed by atoms with Crippen LogP contribution >= 0.6 is 11.8 Å². The van der Waals surface area contributed by atoms with Gasteiger partial charge in [-0.3, -0.25) is 14.3 Å². The van der Waals surface area contributed by atoms with Gasteiger partial charge in [-0.1, -0.05) is 30.0 Å². The number of hydrogen-bond acceptors (Lipinski definition) is 5. The number of imidazole rings is 1. The summed E-state index contributed by atoms with van der Waals surface area (Å²) in [6, 6.07) is 9.83.